The highest BCUT2D eigenvalue weighted by Gasteiger charge is 2.50. The molecule has 9 nitrogen and oxygen atoms in total. The van der Waals surface area contributed by atoms with Crippen molar-refractivity contribution < 1.29 is 41.7 Å². The number of nitrogens with zero attached hydrogens (tertiary/aromatic N) is 2. The Labute approximate surface area is 540 Å². The molecular formula is C76H156N2O7S. The molecule has 0 aromatic carbocycles. The standard InChI is InChI=1S/2C28H60N.C20H38O7S/c2*1-5-9-13-17-21-25-29(26-22-18-14-10-6-2,27-23-19-15-11-7-3)28-24-20-16-12-8-4;1-5-9-11-15(7-3)13-20(19(23)24,14-16(8-4)12-10-6-2)17(18(21)22)28(25,26)27/h2*5-28H2,1-4H3;15-17H,5-14H2,1-4H3,(H,21,22)(H,23,24)(H,25,26,27)/q2*+1;/p-2. The van der Waals surface area contributed by atoms with Crippen molar-refractivity contribution in [2.45, 2.75) is 409 Å². The van der Waals surface area contributed by atoms with Gasteiger partial charge in [-0.2, -0.15) is 8.42 Å². The Morgan fingerprint density at radius 2 is 0.512 bits per heavy atom. The Bertz CT molecular complexity index is 1340. The first-order valence-electron chi connectivity index (χ1n) is 38.6. The summed E-state index contributed by atoms with van der Waals surface area (Å²) in [5.74, 6) is -4.22. The summed E-state index contributed by atoms with van der Waals surface area (Å²) < 4.78 is 36.4. The summed E-state index contributed by atoms with van der Waals surface area (Å²) in [4.78, 5) is 24.0. The molecule has 0 aliphatic heterocycles. The van der Waals surface area contributed by atoms with Gasteiger partial charge >= 0.3 is 0 Å². The van der Waals surface area contributed by atoms with Gasteiger partial charge < -0.3 is 28.8 Å². The van der Waals surface area contributed by atoms with Crippen molar-refractivity contribution in [1.82, 2.24) is 0 Å². The second-order valence-corrected chi connectivity index (χ2v) is 29.2. The molecule has 3 atom stereocenters. The third-order valence-electron chi connectivity index (χ3n) is 19.7. The lowest BCUT2D eigenvalue weighted by Gasteiger charge is -2.44. The maximum Gasteiger partial charge on any atom is 0.274 e. The van der Waals surface area contributed by atoms with Gasteiger partial charge in [0, 0.05) is 11.4 Å². The molecule has 1 N–H and O–H groups in total. The molecule has 0 aliphatic rings. The molecule has 518 valence electrons. The molecule has 0 spiro atoms. The van der Waals surface area contributed by atoms with Gasteiger partial charge in [-0.1, -0.05) is 289 Å². The molecule has 0 saturated carbocycles. The monoisotopic (exact) mass is 1240 g/mol. The van der Waals surface area contributed by atoms with E-state index in [4.69, 9.17) is 0 Å². The van der Waals surface area contributed by atoms with Crippen LogP contribution < -0.4 is 10.2 Å². The third kappa shape index (κ3) is 48.5. The first-order valence-corrected chi connectivity index (χ1v) is 40.1. The topological polar surface area (TPSA) is 135 Å². The maximum atomic E-state index is 12.3. The molecule has 0 rings (SSSR count). The number of unbranched alkanes of at least 4 members (excludes halogenated alkanes) is 34. The molecule has 0 bridgehead atoms. The van der Waals surface area contributed by atoms with E-state index in [2.05, 4.69) is 55.4 Å². The summed E-state index contributed by atoms with van der Waals surface area (Å²) in [5.41, 5.74) is -2.23. The first kappa shape index (κ1) is 89.0. The molecule has 0 amide bonds. The number of carboxylic acids is 2. The van der Waals surface area contributed by atoms with E-state index in [-0.39, 0.29) is 24.7 Å². The van der Waals surface area contributed by atoms with Crippen LogP contribution in [0.2, 0.25) is 0 Å². The zero-order valence-corrected chi connectivity index (χ0v) is 61.3. The minimum absolute atomic E-state index is 0.174. The van der Waals surface area contributed by atoms with Crippen molar-refractivity contribution in [3.63, 3.8) is 0 Å². The zero-order chi connectivity index (χ0) is 64.9. The maximum absolute atomic E-state index is 12.3. The number of carbonyl (C=O) groups is 2. The number of rotatable bonds is 64. The number of carboxylic acid groups (broad SMARTS) is 2. The molecule has 0 fully saturated rings. The van der Waals surface area contributed by atoms with E-state index in [0.29, 0.717) is 25.7 Å². The lowest BCUT2D eigenvalue weighted by molar-refractivity contribution is -0.929. The van der Waals surface area contributed by atoms with Gasteiger partial charge in [0.1, 0.15) is 5.25 Å². The normalized spacial score (nSPS) is 13.8. The summed E-state index contributed by atoms with van der Waals surface area (Å²) in [6.07, 6.45) is 63.1. The van der Waals surface area contributed by atoms with E-state index in [1.165, 1.54) is 318 Å². The minimum Gasteiger partial charge on any atom is -0.549 e. The van der Waals surface area contributed by atoms with Gasteiger partial charge in [-0.25, -0.2) is 0 Å². The van der Waals surface area contributed by atoms with Crippen molar-refractivity contribution in [3.05, 3.63) is 0 Å². The number of carbonyl (C=O) groups excluding carboxylic acids is 2. The second-order valence-electron chi connectivity index (χ2n) is 27.7. The average Bonchev–Trinajstić information content (AvgIpc) is 0.854. The molecule has 3 unspecified atom stereocenters. The van der Waals surface area contributed by atoms with Crippen molar-refractivity contribution in [1.29, 1.82) is 0 Å². The van der Waals surface area contributed by atoms with Crippen LogP contribution in [0.4, 0.5) is 0 Å². The van der Waals surface area contributed by atoms with Crippen LogP contribution in [0.5, 0.6) is 0 Å². The Balaban J connectivity index is -0.00000120. The van der Waals surface area contributed by atoms with Gasteiger partial charge in [-0.15, -0.1) is 0 Å². The van der Waals surface area contributed by atoms with Gasteiger partial charge in [0.15, 0.2) is 0 Å². The average molecular weight is 1240 g/mol. The van der Waals surface area contributed by atoms with Crippen LogP contribution >= 0.6 is 0 Å². The van der Waals surface area contributed by atoms with Gasteiger partial charge in [0.05, 0.1) is 58.3 Å². The van der Waals surface area contributed by atoms with Crippen molar-refractivity contribution in [3.8, 4) is 0 Å². The fraction of sp³-hybridized carbons (Fsp3) is 0.974. The van der Waals surface area contributed by atoms with E-state index >= 15 is 0 Å². The van der Waals surface area contributed by atoms with E-state index in [1.807, 2.05) is 27.7 Å². The van der Waals surface area contributed by atoms with Crippen LogP contribution in [0.3, 0.4) is 0 Å². The molecule has 0 saturated heterocycles. The zero-order valence-electron chi connectivity index (χ0n) is 60.4. The highest BCUT2D eigenvalue weighted by molar-refractivity contribution is 7.87. The van der Waals surface area contributed by atoms with Gasteiger partial charge in [-0.05, 0) is 127 Å². The van der Waals surface area contributed by atoms with Gasteiger partial charge in [0.25, 0.3) is 10.1 Å². The highest BCUT2D eigenvalue weighted by atomic mass is 32.2. The van der Waals surface area contributed by atoms with Crippen LogP contribution in [0, 0.1) is 17.3 Å². The Hall–Kier alpha value is -1.23. The molecule has 10 heteroatoms. The van der Waals surface area contributed by atoms with E-state index in [1.54, 1.807) is 0 Å². The number of hydrogen-bond donors (Lipinski definition) is 1. The first-order chi connectivity index (χ1) is 41.5. The fourth-order valence-electron chi connectivity index (χ4n) is 13.9. The van der Waals surface area contributed by atoms with E-state index in [9.17, 15) is 32.8 Å². The van der Waals surface area contributed by atoms with Gasteiger partial charge in [0.2, 0.25) is 0 Å². The largest absolute Gasteiger partial charge is 0.549 e. The summed E-state index contributed by atoms with van der Waals surface area (Å²) in [6.45, 7) is 38.1. The van der Waals surface area contributed by atoms with Crippen molar-refractivity contribution in [2.24, 2.45) is 17.3 Å². The highest BCUT2D eigenvalue weighted by Crippen LogP contribution is 2.43. The van der Waals surface area contributed by atoms with Gasteiger partial charge in [-0.3, -0.25) is 4.55 Å². The van der Waals surface area contributed by atoms with Crippen molar-refractivity contribution in [2.75, 3.05) is 52.4 Å². The minimum atomic E-state index is -5.20. The van der Waals surface area contributed by atoms with E-state index < -0.39 is 32.7 Å². The molecule has 0 aromatic rings. The smallest absolute Gasteiger partial charge is 0.274 e. The fourth-order valence-corrected chi connectivity index (χ4v) is 15.0. The quantitative estimate of drug-likeness (QED) is 0.0364. The summed E-state index contributed by atoms with van der Waals surface area (Å²) in [5, 5.41) is 21.5. The Morgan fingerprint density at radius 3 is 0.651 bits per heavy atom. The molecule has 86 heavy (non-hydrogen) atoms. The van der Waals surface area contributed by atoms with Crippen LogP contribution in [0.15, 0.2) is 0 Å². The Morgan fingerprint density at radius 1 is 0.326 bits per heavy atom. The van der Waals surface area contributed by atoms with Crippen LogP contribution in [0.1, 0.15) is 404 Å². The molecule has 0 heterocycles. The lowest BCUT2D eigenvalue weighted by atomic mass is 9.68. The Kier molecular flexibility index (Phi) is 64.7. The molecular weight excluding hydrogens is 1080 g/mol. The van der Waals surface area contributed by atoms with E-state index in [0.717, 1.165) is 25.7 Å². The van der Waals surface area contributed by atoms with Crippen LogP contribution in [-0.4, -0.2) is 91.5 Å². The SMILES string of the molecule is CCCCC(CC)CC(CC(CC)CCCC)(C(=O)[O-])C(C(=O)[O-])S(=O)(=O)O.CCCCCCC[N+](CCCCCCC)(CCCCCCC)CCCCCCC.CCCCCCC[N+](CCCCCCC)(CCCCCCC)CCCCCCC. The summed E-state index contributed by atoms with van der Waals surface area (Å²) in [7, 11) is -5.20. The lowest BCUT2D eigenvalue weighted by Crippen LogP contribution is -2.60. The summed E-state index contributed by atoms with van der Waals surface area (Å²) in [6, 6.07) is 0. The van der Waals surface area contributed by atoms with Crippen molar-refractivity contribution >= 4 is 22.1 Å². The number of quaternary nitrogens is 2. The van der Waals surface area contributed by atoms with Crippen LogP contribution in [0.25, 0.3) is 0 Å². The molecule has 0 aromatic heterocycles. The number of hydrogen-bond acceptors (Lipinski definition) is 6. The van der Waals surface area contributed by atoms with Crippen LogP contribution in [-0.2, 0) is 19.7 Å². The molecule has 0 radical (unpaired) electrons. The second kappa shape index (κ2) is 62.6. The number of aliphatic carboxylic acids is 2. The molecule has 0 aliphatic carbocycles. The predicted octanol–water partition coefficient (Wildman–Crippen LogP) is 21.3. The predicted molar refractivity (Wildman–Crippen MR) is 373 cm³/mol. The third-order valence-corrected chi connectivity index (χ3v) is 20.9. The summed E-state index contributed by atoms with van der Waals surface area (Å²) >= 11 is 0.